The second-order valence-electron chi connectivity index (χ2n) is 4.64. The number of aldehydes is 1. The molecule has 1 aliphatic rings. The minimum absolute atomic E-state index is 0.143. The fraction of sp³-hybridized carbons (Fsp3) is 0.583. The van der Waals surface area contributed by atoms with Crippen LogP contribution in [0.2, 0.25) is 0 Å². The molecule has 3 atom stereocenters. The van der Waals surface area contributed by atoms with E-state index in [2.05, 4.69) is 4.98 Å². The summed E-state index contributed by atoms with van der Waals surface area (Å²) in [5.74, 6) is 0. The van der Waals surface area contributed by atoms with E-state index >= 15 is 0 Å². The molecular weight excluding hydrogens is 268 g/mol. The number of carbonyl (C=O) groups is 1. The van der Waals surface area contributed by atoms with Crippen LogP contribution < -0.4 is 11.2 Å². The van der Waals surface area contributed by atoms with E-state index in [4.69, 9.17) is 9.84 Å². The lowest BCUT2D eigenvalue weighted by Gasteiger charge is -2.15. The third-order valence-corrected chi connectivity index (χ3v) is 3.27. The number of hydrogen-bond donors (Lipinski definition) is 3. The largest absolute Gasteiger partial charge is 0.394 e. The number of nitrogens with zero attached hydrogens (tertiary/aromatic N) is 1. The van der Waals surface area contributed by atoms with Crippen molar-refractivity contribution in [3.63, 3.8) is 0 Å². The standard InChI is InChI=1S/C12H16N2O6/c15-3-1-2-7-5-14(12(19)13-11(7)18)10-4-8(17)9(6-16)20-10/h3,5,8-10,16-17H,1-2,4,6H2,(H,13,18,19)/t8-,9+,10+/m0/s1. The molecule has 0 saturated carbocycles. The highest BCUT2D eigenvalue weighted by atomic mass is 16.5. The summed E-state index contributed by atoms with van der Waals surface area (Å²) in [6.07, 6.45) is 0.187. The Morgan fingerprint density at radius 3 is 2.85 bits per heavy atom. The van der Waals surface area contributed by atoms with E-state index in [0.717, 1.165) is 0 Å². The molecule has 8 nitrogen and oxygen atoms in total. The Balaban J connectivity index is 2.30. The van der Waals surface area contributed by atoms with Crippen LogP contribution in [0.4, 0.5) is 0 Å². The highest BCUT2D eigenvalue weighted by molar-refractivity contribution is 5.49. The van der Waals surface area contributed by atoms with Crippen molar-refractivity contribution in [3.8, 4) is 0 Å². The Kier molecular flexibility index (Phi) is 4.48. The molecule has 0 radical (unpaired) electrons. The molecule has 2 rings (SSSR count). The number of aryl methyl sites for hydroxylation is 1. The van der Waals surface area contributed by atoms with Gasteiger partial charge in [-0.1, -0.05) is 0 Å². The number of H-pyrrole nitrogens is 1. The molecule has 0 spiro atoms. The minimum atomic E-state index is -0.873. The van der Waals surface area contributed by atoms with E-state index in [1.807, 2.05) is 0 Å². The maximum absolute atomic E-state index is 11.8. The number of nitrogens with one attached hydrogen (secondary N) is 1. The van der Waals surface area contributed by atoms with Crippen LogP contribution in [-0.2, 0) is 16.0 Å². The van der Waals surface area contributed by atoms with Crippen LogP contribution in [0.25, 0.3) is 0 Å². The Bertz CT molecular complexity index is 592. The van der Waals surface area contributed by atoms with Gasteiger partial charge in [-0.15, -0.1) is 0 Å². The number of aromatic nitrogens is 2. The molecule has 0 unspecified atom stereocenters. The first-order valence-corrected chi connectivity index (χ1v) is 6.29. The third-order valence-electron chi connectivity index (χ3n) is 3.27. The average molecular weight is 284 g/mol. The zero-order valence-electron chi connectivity index (χ0n) is 10.7. The predicted molar refractivity (Wildman–Crippen MR) is 67.3 cm³/mol. The van der Waals surface area contributed by atoms with Gasteiger partial charge in [-0.25, -0.2) is 4.79 Å². The molecule has 0 amide bonds. The third kappa shape index (κ3) is 2.87. The predicted octanol–water partition coefficient (Wildman–Crippen LogP) is -1.69. The molecule has 8 heteroatoms. The lowest BCUT2D eigenvalue weighted by atomic mass is 10.2. The Hall–Kier alpha value is -1.77. The van der Waals surface area contributed by atoms with E-state index in [1.54, 1.807) is 0 Å². The molecule has 1 fully saturated rings. The Morgan fingerprint density at radius 2 is 2.25 bits per heavy atom. The molecule has 1 saturated heterocycles. The van der Waals surface area contributed by atoms with Gasteiger partial charge in [0.2, 0.25) is 0 Å². The lowest BCUT2D eigenvalue weighted by molar-refractivity contribution is -0.107. The molecule has 3 N–H and O–H groups in total. The first-order chi connectivity index (χ1) is 9.56. The maximum Gasteiger partial charge on any atom is 0.330 e. The van der Waals surface area contributed by atoms with E-state index in [0.29, 0.717) is 11.8 Å². The maximum atomic E-state index is 11.8. The van der Waals surface area contributed by atoms with Crippen molar-refractivity contribution in [1.29, 1.82) is 0 Å². The van der Waals surface area contributed by atoms with E-state index in [1.165, 1.54) is 10.8 Å². The summed E-state index contributed by atoms with van der Waals surface area (Å²) >= 11 is 0. The van der Waals surface area contributed by atoms with E-state index < -0.39 is 29.7 Å². The fourth-order valence-corrected chi connectivity index (χ4v) is 2.18. The van der Waals surface area contributed by atoms with Crippen molar-refractivity contribution in [1.82, 2.24) is 9.55 Å². The highest BCUT2D eigenvalue weighted by Crippen LogP contribution is 2.27. The summed E-state index contributed by atoms with van der Waals surface area (Å²) in [6, 6.07) is 0. The zero-order chi connectivity index (χ0) is 14.7. The van der Waals surface area contributed by atoms with Crippen molar-refractivity contribution in [3.05, 3.63) is 32.6 Å². The quantitative estimate of drug-likeness (QED) is 0.555. The number of rotatable bonds is 5. The lowest BCUT2D eigenvalue weighted by Crippen LogP contribution is -2.34. The number of carbonyl (C=O) groups excluding carboxylic acids is 1. The first-order valence-electron chi connectivity index (χ1n) is 6.29. The van der Waals surface area contributed by atoms with Crippen molar-refractivity contribution < 1.29 is 19.7 Å². The number of aromatic amines is 1. The molecule has 20 heavy (non-hydrogen) atoms. The monoisotopic (exact) mass is 284 g/mol. The van der Waals surface area contributed by atoms with Gasteiger partial charge >= 0.3 is 5.69 Å². The molecule has 0 bridgehead atoms. The van der Waals surface area contributed by atoms with Gasteiger partial charge in [0.05, 0.1) is 12.7 Å². The smallest absolute Gasteiger partial charge is 0.330 e. The normalized spacial score (nSPS) is 25.8. The number of ether oxygens (including phenoxy) is 1. The van der Waals surface area contributed by atoms with Gasteiger partial charge in [0.15, 0.2) is 0 Å². The van der Waals surface area contributed by atoms with Crippen LogP contribution >= 0.6 is 0 Å². The average Bonchev–Trinajstić information content (AvgIpc) is 2.79. The van der Waals surface area contributed by atoms with Gasteiger partial charge in [0.1, 0.15) is 18.6 Å². The number of aliphatic hydroxyl groups excluding tert-OH is 2. The van der Waals surface area contributed by atoms with Gasteiger partial charge in [0, 0.05) is 24.6 Å². The van der Waals surface area contributed by atoms with Crippen LogP contribution in [0.15, 0.2) is 15.8 Å². The van der Waals surface area contributed by atoms with Crippen LogP contribution in [0, 0.1) is 0 Å². The van der Waals surface area contributed by atoms with Crippen LogP contribution in [0.3, 0.4) is 0 Å². The SMILES string of the molecule is O=CCCc1cn([C@H]2C[C@H](O)[C@@H](CO)O2)c(=O)[nH]c1=O. The van der Waals surface area contributed by atoms with Crippen LogP contribution in [0.5, 0.6) is 0 Å². The fourth-order valence-electron chi connectivity index (χ4n) is 2.18. The molecule has 1 aromatic rings. The summed E-state index contributed by atoms with van der Waals surface area (Å²) in [7, 11) is 0. The topological polar surface area (TPSA) is 122 Å². The molecule has 0 aliphatic carbocycles. The summed E-state index contributed by atoms with van der Waals surface area (Å²) < 4.78 is 6.53. The molecule has 1 aliphatic heterocycles. The van der Waals surface area contributed by atoms with Gasteiger partial charge < -0.3 is 19.7 Å². The van der Waals surface area contributed by atoms with Crippen LogP contribution in [0.1, 0.15) is 24.6 Å². The number of hydrogen-bond acceptors (Lipinski definition) is 6. The summed E-state index contributed by atoms with van der Waals surface area (Å²) in [5, 5.41) is 18.7. The second-order valence-corrected chi connectivity index (χ2v) is 4.64. The first kappa shape index (κ1) is 14.6. The van der Waals surface area contributed by atoms with E-state index in [9.17, 15) is 19.5 Å². The van der Waals surface area contributed by atoms with Crippen LogP contribution in [-0.4, -0.2) is 44.9 Å². The van der Waals surface area contributed by atoms with Crippen molar-refractivity contribution in [2.45, 2.75) is 37.7 Å². The molecule has 1 aromatic heterocycles. The second kappa shape index (κ2) is 6.12. The number of aliphatic hydroxyl groups is 2. The Morgan fingerprint density at radius 1 is 1.50 bits per heavy atom. The summed E-state index contributed by atoms with van der Waals surface area (Å²) in [6.45, 7) is -0.353. The summed E-state index contributed by atoms with van der Waals surface area (Å²) in [5.41, 5.74) is -0.895. The molecule has 110 valence electrons. The minimum Gasteiger partial charge on any atom is -0.394 e. The molecule has 0 aromatic carbocycles. The van der Waals surface area contributed by atoms with Gasteiger partial charge in [-0.2, -0.15) is 0 Å². The summed E-state index contributed by atoms with van der Waals surface area (Å²) in [4.78, 5) is 35.9. The molecular formula is C12H16N2O6. The van der Waals surface area contributed by atoms with Gasteiger partial charge in [-0.3, -0.25) is 14.3 Å². The van der Waals surface area contributed by atoms with Crippen molar-refractivity contribution in [2.24, 2.45) is 0 Å². The van der Waals surface area contributed by atoms with E-state index in [-0.39, 0.29) is 25.9 Å². The highest BCUT2D eigenvalue weighted by Gasteiger charge is 2.35. The van der Waals surface area contributed by atoms with Crippen molar-refractivity contribution in [2.75, 3.05) is 6.61 Å². The molecule has 2 heterocycles. The Labute approximate surface area is 113 Å². The van der Waals surface area contributed by atoms with Gasteiger partial charge in [-0.05, 0) is 6.42 Å². The zero-order valence-corrected chi connectivity index (χ0v) is 10.7. The van der Waals surface area contributed by atoms with Gasteiger partial charge in [0.25, 0.3) is 5.56 Å². The van der Waals surface area contributed by atoms with Crippen molar-refractivity contribution >= 4 is 6.29 Å².